The first kappa shape index (κ1) is 12.2. The van der Waals surface area contributed by atoms with Gasteiger partial charge in [0.15, 0.2) is 0 Å². The molecule has 2 N–H and O–H groups in total. The summed E-state index contributed by atoms with van der Waals surface area (Å²) in [6.07, 6.45) is 1.31. The van der Waals surface area contributed by atoms with Crippen molar-refractivity contribution in [3.63, 3.8) is 0 Å². The Labute approximate surface area is 102 Å². The maximum atomic E-state index is 11.3. The minimum atomic E-state index is -2.80. The smallest absolute Gasteiger partial charge is 0.150 e. The second-order valence-corrected chi connectivity index (χ2v) is 6.87. The number of benzene rings is 1. The third-order valence-electron chi connectivity index (χ3n) is 3.12. The van der Waals surface area contributed by atoms with Crippen LogP contribution in [-0.2, 0) is 9.84 Å². The first-order valence-corrected chi connectivity index (χ1v) is 7.55. The van der Waals surface area contributed by atoms with Crippen molar-refractivity contribution in [3.8, 4) is 5.75 Å². The standard InChI is InChI=1S/C12H17NO3S/c1-9-8-11(14)2-3-12(9)13-10-4-6-17(15,16)7-5-10/h2-3,8,10,13-14H,4-7H2,1H3. The third kappa shape index (κ3) is 3.12. The summed E-state index contributed by atoms with van der Waals surface area (Å²) in [5.41, 5.74) is 1.94. The largest absolute Gasteiger partial charge is 0.508 e. The molecule has 0 bridgehead atoms. The number of rotatable bonds is 2. The van der Waals surface area contributed by atoms with Crippen molar-refractivity contribution in [2.75, 3.05) is 16.8 Å². The molecule has 1 aliphatic rings. The molecule has 1 fully saturated rings. The van der Waals surface area contributed by atoms with E-state index in [9.17, 15) is 13.5 Å². The summed E-state index contributed by atoms with van der Waals surface area (Å²) >= 11 is 0. The van der Waals surface area contributed by atoms with E-state index in [0.717, 1.165) is 11.3 Å². The van der Waals surface area contributed by atoms with Crippen LogP contribution in [0.5, 0.6) is 5.75 Å². The maximum Gasteiger partial charge on any atom is 0.150 e. The number of hydrogen-bond acceptors (Lipinski definition) is 4. The van der Waals surface area contributed by atoms with Crippen molar-refractivity contribution in [2.24, 2.45) is 0 Å². The number of aryl methyl sites for hydroxylation is 1. The highest BCUT2D eigenvalue weighted by atomic mass is 32.2. The number of sulfone groups is 1. The van der Waals surface area contributed by atoms with E-state index >= 15 is 0 Å². The van der Waals surface area contributed by atoms with Crippen LogP contribution in [-0.4, -0.2) is 31.1 Å². The lowest BCUT2D eigenvalue weighted by molar-refractivity contribution is 0.475. The van der Waals surface area contributed by atoms with Crippen LogP contribution in [0, 0.1) is 6.92 Å². The molecule has 1 aromatic rings. The fourth-order valence-corrected chi connectivity index (χ4v) is 3.56. The maximum absolute atomic E-state index is 11.3. The van der Waals surface area contributed by atoms with Gasteiger partial charge in [0, 0.05) is 11.7 Å². The van der Waals surface area contributed by atoms with Gasteiger partial charge in [-0.05, 0) is 43.5 Å². The minimum Gasteiger partial charge on any atom is -0.508 e. The van der Waals surface area contributed by atoms with Crippen molar-refractivity contribution in [1.29, 1.82) is 0 Å². The monoisotopic (exact) mass is 255 g/mol. The van der Waals surface area contributed by atoms with Gasteiger partial charge in [0.05, 0.1) is 11.5 Å². The highest BCUT2D eigenvalue weighted by molar-refractivity contribution is 7.91. The molecule has 1 aliphatic heterocycles. The van der Waals surface area contributed by atoms with Gasteiger partial charge in [0.1, 0.15) is 15.6 Å². The quantitative estimate of drug-likeness (QED) is 0.789. The summed E-state index contributed by atoms with van der Waals surface area (Å²) in [4.78, 5) is 0. The SMILES string of the molecule is Cc1cc(O)ccc1NC1CCS(=O)(=O)CC1. The number of anilines is 1. The summed E-state index contributed by atoms with van der Waals surface area (Å²) in [6.45, 7) is 1.92. The van der Waals surface area contributed by atoms with E-state index in [4.69, 9.17) is 0 Å². The average Bonchev–Trinajstić information content (AvgIpc) is 2.25. The van der Waals surface area contributed by atoms with Gasteiger partial charge in [-0.2, -0.15) is 0 Å². The second-order valence-electron chi connectivity index (χ2n) is 4.57. The topological polar surface area (TPSA) is 66.4 Å². The van der Waals surface area contributed by atoms with Gasteiger partial charge < -0.3 is 10.4 Å². The minimum absolute atomic E-state index is 0.210. The Morgan fingerprint density at radius 1 is 1.29 bits per heavy atom. The van der Waals surface area contributed by atoms with Crippen LogP contribution < -0.4 is 5.32 Å². The second kappa shape index (κ2) is 4.56. The van der Waals surface area contributed by atoms with Crippen LogP contribution in [0.3, 0.4) is 0 Å². The molecule has 0 spiro atoms. The van der Waals surface area contributed by atoms with Crippen LogP contribution >= 0.6 is 0 Å². The van der Waals surface area contributed by atoms with Gasteiger partial charge in [-0.3, -0.25) is 0 Å². The van der Waals surface area contributed by atoms with Gasteiger partial charge in [0.2, 0.25) is 0 Å². The number of phenols is 1. The Morgan fingerprint density at radius 2 is 1.94 bits per heavy atom. The first-order valence-electron chi connectivity index (χ1n) is 5.73. The van der Waals surface area contributed by atoms with E-state index in [1.54, 1.807) is 12.1 Å². The van der Waals surface area contributed by atoms with Gasteiger partial charge >= 0.3 is 0 Å². The summed E-state index contributed by atoms with van der Waals surface area (Å²) in [6, 6.07) is 5.37. The zero-order valence-electron chi connectivity index (χ0n) is 9.81. The molecule has 0 aliphatic carbocycles. The molecular formula is C12H17NO3S. The normalized spacial score (nSPS) is 20.1. The van der Waals surface area contributed by atoms with Crippen LogP contribution in [0.15, 0.2) is 18.2 Å². The fraction of sp³-hybridized carbons (Fsp3) is 0.500. The van der Waals surface area contributed by atoms with E-state index in [2.05, 4.69) is 5.32 Å². The predicted molar refractivity (Wildman–Crippen MR) is 68.1 cm³/mol. The zero-order valence-corrected chi connectivity index (χ0v) is 10.6. The Hall–Kier alpha value is -1.23. The molecule has 1 saturated heterocycles. The molecule has 0 atom stereocenters. The molecular weight excluding hydrogens is 238 g/mol. The van der Waals surface area contributed by atoms with Crippen molar-refractivity contribution in [1.82, 2.24) is 0 Å². The number of phenolic OH excluding ortho intramolecular Hbond substituents is 1. The molecule has 0 radical (unpaired) electrons. The third-order valence-corrected chi connectivity index (χ3v) is 4.84. The lowest BCUT2D eigenvalue weighted by Crippen LogP contribution is -2.32. The van der Waals surface area contributed by atoms with Crippen molar-refractivity contribution < 1.29 is 13.5 Å². The molecule has 0 amide bonds. The summed E-state index contributed by atoms with van der Waals surface area (Å²) in [5.74, 6) is 0.781. The van der Waals surface area contributed by atoms with E-state index in [0.29, 0.717) is 12.8 Å². The van der Waals surface area contributed by atoms with Gasteiger partial charge in [-0.25, -0.2) is 8.42 Å². The summed E-state index contributed by atoms with van der Waals surface area (Å²) in [5, 5.41) is 12.6. The van der Waals surface area contributed by atoms with Gasteiger partial charge in [0.25, 0.3) is 0 Å². The first-order chi connectivity index (χ1) is 7.96. The molecule has 0 aromatic heterocycles. The molecule has 94 valence electrons. The number of aromatic hydroxyl groups is 1. The molecule has 1 aromatic carbocycles. The van der Waals surface area contributed by atoms with Crippen LogP contribution in [0.25, 0.3) is 0 Å². The molecule has 5 heteroatoms. The van der Waals surface area contributed by atoms with Crippen molar-refractivity contribution in [2.45, 2.75) is 25.8 Å². The Bertz CT molecular complexity index is 496. The highest BCUT2D eigenvalue weighted by Gasteiger charge is 2.23. The lowest BCUT2D eigenvalue weighted by Gasteiger charge is -2.24. The molecule has 4 nitrogen and oxygen atoms in total. The average molecular weight is 255 g/mol. The molecule has 2 rings (SSSR count). The Balaban J connectivity index is 2.02. The Kier molecular flexibility index (Phi) is 3.28. The summed E-state index contributed by atoms with van der Waals surface area (Å²) in [7, 11) is -2.80. The van der Waals surface area contributed by atoms with Crippen LogP contribution in [0.4, 0.5) is 5.69 Å². The van der Waals surface area contributed by atoms with E-state index in [1.807, 2.05) is 13.0 Å². The zero-order chi connectivity index (χ0) is 12.5. The number of nitrogens with one attached hydrogen (secondary N) is 1. The van der Waals surface area contributed by atoms with Gasteiger partial charge in [-0.1, -0.05) is 0 Å². The predicted octanol–water partition coefficient (Wildman–Crippen LogP) is 1.69. The van der Waals surface area contributed by atoms with Crippen molar-refractivity contribution in [3.05, 3.63) is 23.8 Å². The fourth-order valence-electron chi connectivity index (χ4n) is 2.06. The molecule has 1 heterocycles. The van der Waals surface area contributed by atoms with E-state index in [1.165, 1.54) is 0 Å². The van der Waals surface area contributed by atoms with Crippen LogP contribution in [0.1, 0.15) is 18.4 Å². The lowest BCUT2D eigenvalue weighted by atomic mass is 10.1. The Morgan fingerprint density at radius 3 is 2.53 bits per heavy atom. The summed E-state index contributed by atoms with van der Waals surface area (Å²) < 4.78 is 22.6. The van der Waals surface area contributed by atoms with Crippen molar-refractivity contribution >= 4 is 15.5 Å². The van der Waals surface area contributed by atoms with E-state index < -0.39 is 9.84 Å². The molecule has 0 saturated carbocycles. The van der Waals surface area contributed by atoms with Gasteiger partial charge in [-0.15, -0.1) is 0 Å². The molecule has 17 heavy (non-hydrogen) atoms. The highest BCUT2D eigenvalue weighted by Crippen LogP contribution is 2.23. The van der Waals surface area contributed by atoms with Crippen LogP contribution in [0.2, 0.25) is 0 Å². The number of hydrogen-bond donors (Lipinski definition) is 2. The van der Waals surface area contributed by atoms with E-state index in [-0.39, 0.29) is 23.3 Å². The molecule has 0 unspecified atom stereocenters.